The second-order valence-electron chi connectivity index (χ2n) is 4.33. The van der Waals surface area contributed by atoms with E-state index in [1.54, 1.807) is 0 Å². The van der Waals surface area contributed by atoms with Gasteiger partial charge in [0.1, 0.15) is 0 Å². The molecule has 0 spiro atoms. The van der Waals surface area contributed by atoms with Gasteiger partial charge in [0.05, 0.1) is 5.69 Å². The van der Waals surface area contributed by atoms with E-state index in [2.05, 4.69) is 10.2 Å². The van der Waals surface area contributed by atoms with Crippen molar-refractivity contribution in [2.24, 2.45) is 5.73 Å². The molecule has 1 aliphatic heterocycles. The lowest BCUT2D eigenvalue weighted by molar-refractivity contribution is 0.174. The van der Waals surface area contributed by atoms with Crippen molar-refractivity contribution in [3.05, 3.63) is 39.7 Å². The van der Waals surface area contributed by atoms with Crippen molar-refractivity contribution in [1.29, 1.82) is 0 Å². The number of rotatable bonds is 2. The Balaban J connectivity index is 2.19. The maximum Gasteiger partial charge on any atom is 0.264 e. The van der Waals surface area contributed by atoms with Crippen LogP contribution in [0.1, 0.15) is 11.1 Å². The summed E-state index contributed by atoms with van der Waals surface area (Å²) >= 11 is 0. The summed E-state index contributed by atoms with van der Waals surface area (Å²) in [6.45, 7) is 2.42. The van der Waals surface area contributed by atoms with Gasteiger partial charge in [-0.15, -0.1) is 0 Å². The maximum absolute atomic E-state index is 11.3. The minimum Gasteiger partial charge on any atom is -0.454 e. The second-order valence-corrected chi connectivity index (χ2v) is 4.33. The number of nitrogens with two attached hydrogens (primary N) is 1. The summed E-state index contributed by atoms with van der Waals surface area (Å²) in [5.74, 6) is 1.40. The number of ether oxygens (including phenoxy) is 2. The van der Waals surface area contributed by atoms with Gasteiger partial charge >= 0.3 is 0 Å². The fourth-order valence-electron chi connectivity index (χ4n) is 2.13. The van der Waals surface area contributed by atoms with Gasteiger partial charge in [0.2, 0.25) is 6.79 Å². The lowest BCUT2D eigenvalue weighted by Crippen LogP contribution is -2.13. The van der Waals surface area contributed by atoms with Crippen LogP contribution in [0.4, 0.5) is 0 Å². The molecule has 0 atom stereocenters. The third kappa shape index (κ3) is 1.96. The lowest BCUT2D eigenvalue weighted by Gasteiger charge is -2.10. The third-order valence-corrected chi connectivity index (χ3v) is 3.08. The number of nitrogens with zero attached hydrogens (tertiary/aromatic N) is 1. The molecule has 0 aliphatic carbocycles. The van der Waals surface area contributed by atoms with Crippen molar-refractivity contribution in [2.45, 2.75) is 13.5 Å². The monoisotopic (exact) mass is 259 g/mol. The van der Waals surface area contributed by atoms with E-state index in [1.807, 2.05) is 19.1 Å². The molecule has 19 heavy (non-hydrogen) atoms. The molecular weight excluding hydrogens is 246 g/mol. The first-order chi connectivity index (χ1) is 9.19. The van der Waals surface area contributed by atoms with Gasteiger partial charge in [-0.05, 0) is 30.2 Å². The Morgan fingerprint density at radius 3 is 2.79 bits per heavy atom. The first-order valence-electron chi connectivity index (χ1n) is 5.88. The molecule has 0 amide bonds. The highest BCUT2D eigenvalue weighted by Gasteiger charge is 2.18. The molecule has 3 N–H and O–H groups in total. The molecule has 0 radical (unpaired) electrons. The smallest absolute Gasteiger partial charge is 0.264 e. The minimum atomic E-state index is -0.261. The molecule has 2 aromatic rings. The standard InChI is InChI=1S/C13H13N3O3/c1-7-2-10-11(19-6-18-10)4-9(7)13-8(5-14)3-12(17)15-16-13/h2-4H,5-6,14H2,1H3,(H,15,17). The summed E-state index contributed by atoms with van der Waals surface area (Å²) in [4.78, 5) is 11.3. The maximum atomic E-state index is 11.3. The van der Waals surface area contributed by atoms with E-state index >= 15 is 0 Å². The Labute approximate surface area is 109 Å². The number of aromatic nitrogens is 2. The van der Waals surface area contributed by atoms with Gasteiger partial charge in [-0.1, -0.05) is 0 Å². The number of nitrogens with one attached hydrogen (secondary N) is 1. The third-order valence-electron chi connectivity index (χ3n) is 3.08. The minimum absolute atomic E-state index is 0.223. The van der Waals surface area contributed by atoms with E-state index in [1.165, 1.54) is 6.07 Å². The molecule has 2 heterocycles. The number of hydrogen-bond donors (Lipinski definition) is 2. The number of hydrogen-bond acceptors (Lipinski definition) is 5. The number of H-pyrrole nitrogens is 1. The van der Waals surface area contributed by atoms with Gasteiger partial charge in [0.25, 0.3) is 5.56 Å². The van der Waals surface area contributed by atoms with Gasteiger partial charge in [-0.25, -0.2) is 5.10 Å². The van der Waals surface area contributed by atoms with E-state index in [4.69, 9.17) is 15.2 Å². The number of fused-ring (bicyclic) bond motifs is 1. The highest BCUT2D eigenvalue weighted by atomic mass is 16.7. The molecule has 0 fully saturated rings. The zero-order valence-corrected chi connectivity index (χ0v) is 10.4. The first kappa shape index (κ1) is 11.7. The summed E-state index contributed by atoms with van der Waals surface area (Å²) in [6.07, 6.45) is 0. The Morgan fingerprint density at radius 2 is 2.05 bits per heavy atom. The summed E-state index contributed by atoms with van der Waals surface area (Å²) in [7, 11) is 0. The van der Waals surface area contributed by atoms with Crippen molar-refractivity contribution >= 4 is 0 Å². The van der Waals surface area contributed by atoms with Crippen LogP contribution < -0.4 is 20.8 Å². The van der Waals surface area contributed by atoms with Crippen LogP contribution >= 0.6 is 0 Å². The highest BCUT2D eigenvalue weighted by Crippen LogP contribution is 2.38. The van der Waals surface area contributed by atoms with Crippen LogP contribution in [0.3, 0.4) is 0 Å². The molecule has 98 valence electrons. The van der Waals surface area contributed by atoms with E-state index < -0.39 is 0 Å². The SMILES string of the molecule is Cc1cc2c(cc1-c1n[nH]c(=O)cc1CN)OCO2. The summed E-state index contributed by atoms with van der Waals surface area (Å²) in [6, 6.07) is 5.22. The van der Waals surface area contributed by atoms with Gasteiger partial charge in [0, 0.05) is 18.2 Å². The zero-order chi connectivity index (χ0) is 13.4. The molecule has 3 rings (SSSR count). The highest BCUT2D eigenvalue weighted by molar-refractivity contribution is 5.70. The molecule has 0 saturated heterocycles. The second kappa shape index (κ2) is 4.40. The molecule has 1 aromatic carbocycles. The fraction of sp³-hybridized carbons (Fsp3) is 0.231. The van der Waals surface area contributed by atoms with Crippen LogP contribution in [0, 0.1) is 6.92 Å². The molecule has 1 aromatic heterocycles. The van der Waals surface area contributed by atoms with Crippen LogP contribution in [0.15, 0.2) is 23.0 Å². The predicted octanol–water partition coefficient (Wildman–Crippen LogP) is 0.933. The van der Waals surface area contributed by atoms with E-state index in [9.17, 15) is 4.79 Å². The number of aromatic amines is 1. The Bertz CT molecular complexity index is 694. The fourth-order valence-corrected chi connectivity index (χ4v) is 2.13. The number of aryl methyl sites for hydroxylation is 1. The van der Waals surface area contributed by atoms with Crippen molar-refractivity contribution in [1.82, 2.24) is 10.2 Å². The van der Waals surface area contributed by atoms with Crippen LogP contribution in [-0.4, -0.2) is 17.0 Å². The largest absolute Gasteiger partial charge is 0.454 e. The van der Waals surface area contributed by atoms with Gasteiger partial charge < -0.3 is 15.2 Å². The van der Waals surface area contributed by atoms with E-state index in [0.29, 0.717) is 17.0 Å². The van der Waals surface area contributed by atoms with Crippen molar-refractivity contribution in [3.63, 3.8) is 0 Å². The summed E-state index contributed by atoms with van der Waals surface area (Å²) < 4.78 is 10.7. The summed E-state index contributed by atoms with van der Waals surface area (Å²) in [5, 5.41) is 6.53. The lowest BCUT2D eigenvalue weighted by atomic mass is 10.0. The molecule has 0 unspecified atom stereocenters. The predicted molar refractivity (Wildman–Crippen MR) is 69.0 cm³/mol. The van der Waals surface area contributed by atoms with Gasteiger partial charge in [0.15, 0.2) is 11.5 Å². The van der Waals surface area contributed by atoms with E-state index in [0.717, 1.165) is 16.9 Å². The van der Waals surface area contributed by atoms with Gasteiger partial charge in [-0.2, -0.15) is 5.10 Å². The molecule has 6 heteroatoms. The molecule has 0 saturated carbocycles. The van der Waals surface area contributed by atoms with Crippen molar-refractivity contribution < 1.29 is 9.47 Å². The normalized spacial score (nSPS) is 12.7. The van der Waals surface area contributed by atoms with Crippen LogP contribution in [-0.2, 0) is 6.54 Å². The van der Waals surface area contributed by atoms with Gasteiger partial charge in [-0.3, -0.25) is 4.79 Å². The molecule has 0 bridgehead atoms. The van der Waals surface area contributed by atoms with Crippen LogP contribution in [0.25, 0.3) is 11.3 Å². The van der Waals surface area contributed by atoms with Crippen molar-refractivity contribution in [2.75, 3.05) is 6.79 Å². The first-order valence-corrected chi connectivity index (χ1v) is 5.88. The zero-order valence-electron chi connectivity index (χ0n) is 10.4. The Morgan fingerprint density at radius 1 is 1.32 bits per heavy atom. The van der Waals surface area contributed by atoms with Crippen LogP contribution in [0.5, 0.6) is 11.5 Å². The molecular formula is C13H13N3O3. The van der Waals surface area contributed by atoms with Crippen molar-refractivity contribution in [3.8, 4) is 22.8 Å². The number of benzene rings is 1. The average molecular weight is 259 g/mol. The van der Waals surface area contributed by atoms with Crippen LogP contribution in [0.2, 0.25) is 0 Å². The molecule has 6 nitrogen and oxygen atoms in total. The molecule has 1 aliphatic rings. The Kier molecular flexibility index (Phi) is 2.72. The van der Waals surface area contributed by atoms with E-state index in [-0.39, 0.29) is 18.9 Å². The Hall–Kier alpha value is -2.34. The average Bonchev–Trinajstić information content (AvgIpc) is 2.85. The summed E-state index contributed by atoms with van der Waals surface area (Å²) in [5.41, 5.74) is 8.63. The quantitative estimate of drug-likeness (QED) is 0.837. The topological polar surface area (TPSA) is 90.2 Å².